The van der Waals surface area contributed by atoms with Gasteiger partial charge in [-0.05, 0) is 19.3 Å². The highest BCUT2D eigenvalue weighted by Gasteiger charge is 2.43. The molecule has 0 aromatic heterocycles. The number of nitrogens with zero attached hydrogens (tertiary/aromatic N) is 1. The van der Waals surface area contributed by atoms with Gasteiger partial charge in [0, 0.05) is 19.2 Å². The molecule has 3 fully saturated rings. The van der Waals surface area contributed by atoms with Crippen molar-refractivity contribution in [3.63, 3.8) is 0 Å². The average Bonchev–Trinajstić information content (AvgIpc) is 3.00. The van der Waals surface area contributed by atoms with Gasteiger partial charge in [-0.3, -0.25) is 9.69 Å². The van der Waals surface area contributed by atoms with E-state index in [0.717, 1.165) is 39.0 Å². The third-order valence-electron chi connectivity index (χ3n) is 3.91. The molecule has 96 valence electrons. The van der Waals surface area contributed by atoms with Crippen LogP contribution >= 0.6 is 0 Å². The topological polar surface area (TPSA) is 50.8 Å². The van der Waals surface area contributed by atoms with Crippen molar-refractivity contribution in [2.24, 2.45) is 0 Å². The number of rotatable bonds is 3. The van der Waals surface area contributed by atoms with E-state index in [4.69, 9.17) is 9.47 Å². The number of hydrogen-bond acceptors (Lipinski definition) is 4. The lowest BCUT2D eigenvalue weighted by Gasteiger charge is -2.43. The van der Waals surface area contributed by atoms with E-state index in [-0.39, 0.29) is 11.4 Å². The second-order valence-corrected chi connectivity index (χ2v) is 5.34. The van der Waals surface area contributed by atoms with Crippen molar-refractivity contribution >= 4 is 5.91 Å². The molecule has 2 heterocycles. The van der Waals surface area contributed by atoms with Gasteiger partial charge in [0.1, 0.15) is 0 Å². The molecule has 0 aromatic rings. The fraction of sp³-hybridized carbons (Fsp3) is 0.917. The van der Waals surface area contributed by atoms with Crippen LogP contribution in [0.2, 0.25) is 0 Å². The smallest absolute Gasteiger partial charge is 0.234 e. The van der Waals surface area contributed by atoms with E-state index in [1.165, 1.54) is 0 Å². The van der Waals surface area contributed by atoms with E-state index < -0.39 is 0 Å². The number of amides is 1. The SMILES string of the molecule is O=C(CN1CCOC[C@@]12CCOC2)NC1CC1. The van der Waals surface area contributed by atoms with E-state index in [1.807, 2.05) is 0 Å². The van der Waals surface area contributed by atoms with Crippen molar-refractivity contribution in [1.82, 2.24) is 10.2 Å². The highest BCUT2D eigenvalue weighted by atomic mass is 16.5. The summed E-state index contributed by atoms with van der Waals surface area (Å²) in [5.74, 6) is 0.153. The largest absolute Gasteiger partial charge is 0.379 e. The Bertz CT molecular complexity index is 298. The molecule has 1 N–H and O–H groups in total. The molecule has 1 spiro atoms. The molecule has 5 heteroatoms. The van der Waals surface area contributed by atoms with Gasteiger partial charge in [0.15, 0.2) is 0 Å². The molecule has 0 bridgehead atoms. The number of hydrogen-bond donors (Lipinski definition) is 1. The summed E-state index contributed by atoms with van der Waals surface area (Å²) in [6.07, 6.45) is 3.26. The number of nitrogens with one attached hydrogen (secondary N) is 1. The molecular formula is C12H20N2O3. The Morgan fingerprint density at radius 1 is 1.29 bits per heavy atom. The van der Waals surface area contributed by atoms with Crippen molar-refractivity contribution in [1.29, 1.82) is 0 Å². The predicted octanol–water partition coefficient (Wildman–Crippen LogP) is -0.244. The predicted molar refractivity (Wildman–Crippen MR) is 61.7 cm³/mol. The summed E-state index contributed by atoms with van der Waals surface area (Å²) in [6.45, 7) is 4.22. The maximum absolute atomic E-state index is 11.9. The summed E-state index contributed by atoms with van der Waals surface area (Å²) >= 11 is 0. The highest BCUT2D eigenvalue weighted by Crippen LogP contribution is 2.29. The van der Waals surface area contributed by atoms with Crippen molar-refractivity contribution in [3.8, 4) is 0 Å². The summed E-state index contributed by atoms with van der Waals surface area (Å²) in [4.78, 5) is 14.1. The van der Waals surface area contributed by atoms with Crippen LogP contribution in [-0.2, 0) is 14.3 Å². The fourth-order valence-electron chi connectivity index (χ4n) is 2.65. The van der Waals surface area contributed by atoms with Crippen LogP contribution in [0.3, 0.4) is 0 Å². The molecule has 5 nitrogen and oxygen atoms in total. The number of morpholine rings is 1. The first-order chi connectivity index (χ1) is 8.28. The number of ether oxygens (including phenoxy) is 2. The maximum atomic E-state index is 11.9. The summed E-state index contributed by atoms with van der Waals surface area (Å²) < 4.78 is 11.0. The normalized spacial score (nSPS) is 34.1. The highest BCUT2D eigenvalue weighted by molar-refractivity contribution is 5.78. The van der Waals surface area contributed by atoms with Gasteiger partial charge in [-0.1, -0.05) is 0 Å². The summed E-state index contributed by atoms with van der Waals surface area (Å²) in [6, 6.07) is 0.444. The van der Waals surface area contributed by atoms with Gasteiger partial charge in [0.2, 0.25) is 5.91 Å². The van der Waals surface area contributed by atoms with E-state index in [1.54, 1.807) is 0 Å². The first kappa shape index (κ1) is 11.4. The van der Waals surface area contributed by atoms with Gasteiger partial charge in [-0.15, -0.1) is 0 Å². The first-order valence-corrected chi connectivity index (χ1v) is 6.48. The molecule has 2 aliphatic heterocycles. The van der Waals surface area contributed by atoms with Gasteiger partial charge in [-0.25, -0.2) is 0 Å². The Morgan fingerprint density at radius 3 is 2.76 bits per heavy atom. The minimum atomic E-state index is -0.0425. The van der Waals surface area contributed by atoms with Crippen molar-refractivity contribution in [3.05, 3.63) is 0 Å². The van der Waals surface area contributed by atoms with Crippen LogP contribution in [0.25, 0.3) is 0 Å². The van der Waals surface area contributed by atoms with Gasteiger partial charge in [0.25, 0.3) is 0 Å². The third-order valence-corrected chi connectivity index (χ3v) is 3.91. The third kappa shape index (κ3) is 2.46. The van der Waals surface area contributed by atoms with E-state index in [2.05, 4.69) is 10.2 Å². The Morgan fingerprint density at radius 2 is 2.06 bits per heavy atom. The van der Waals surface area contributed by atoms with Crippen LogP contribution < -0.4 is 5.32 Å². The Balaban J connectivity index is 1.60. The molecular weight excluding hydrogens is 220 g/mol. The van der Waals surface area contributed by atoms with Gasteiger partial charge in [-0.2, -0.15) is 0 Å². The van der Waals surface area contributed by atoms with Crippen molar-refractivity contribution in [2.45, 2.75) is 30.8 Å². The minimum absolute atomic E-state index is 0.0425. The monoisotopic (exact) mass is 240 g/mol. The lowest BCUT2D eigenvalue weighted by atomic mass is 9.96. The van der Waals surface area contributed by atoms with Crippen LogP contribution in [0.1, 0.15) is 19.3 Å². The molecule has 3 rings (SSSR count). The molecule has 2 saturated heterocycles. The molecule has 0 radical (unpaired) electrons. The average molecular weight is 240 g/mol. The molecule has 0 unspecified atom stereocenters. The molecule has 1 saturated carbocycles. The number of carbonyl (C=O) groups excluding carboxylic acids is 1. The first-order valence-electron chi connectivity index (χ1n) is 6.48. The summed E-state index contributed by atoms with van der Waals surface area (Å²) in [5.41, 5.74) is -0.0425. The van der Waals surface area contributed by atoms with Crippen molar-refractivity contribution < 1.29 is 14.3 Å². The van der Waals surface area contributed by atoms with Crippen LogP contribution in [0.4, 0.5) is 0 Å². The number of carbonyl (C=O) groups is 1. The second kappa shape index (κ2) is 4.55. The van der Waals surface area contributed by atoms with Crippen molar-refractivity contribution in [2.75, 3.05) is 39.5 Å². The van der Waals surface area contributed by atoms with Crippen LogP contribution in [-0.4, -0.2) is 61.9 Å². The standard InChI is InChI=1S/C12H20N2O3/c15-11(13-10-1-2-10)7-14-4-6-17-9-12(14)3-5-16-8-12/h10H,1-9H2,(H,13,15)/t12-/m0/s1. The Labute approximate surface area is 101 Å². The fourth-order valence-corrected chi connectivity index (χ4v) is 2.65. The Hall–Kier alpha value is -0.650. The second-order valence-electron chi connectivity index (χ2n) is 5.34. The zero-order valence-corrected chi connectivity index (χ0v) is 10.1. The zero-order valence-electron chi connectivity index (χ0n) is 10.1. The van der Waals surface area contributed by atoms with E-state index in [0.29, 0.717) is 25.8 Å². The maximum Gasteiger partial charge on any atom is 0.234 e. The molecule has 1 amide bonds. The molecule has 0 aromatic carbocycles. The Kier molecular flexibility index (Phi) is 3.06. The summed E-state index contributed by atoms with van der Waals surface area (Å²) in [7, 11) is 0. The minimum Gasteiger partial charge on any atom is -0.379 e. The lowest BCUT2D eigenvalue weighted by molar-refractivity contribution is -0.129. The van der Waals surface area contributed by atoms with Crippen LogP contribution in [0.5, 0.6) is 0 Å². The molecule has 3 aliphatic rings. The van der Waals surface area contributed by atoms with Gasteiger partial charge in [0.05, 0.1) is 31.9 Å². The van der Waals surface area contributed by atoms with Crippen LogP contribution in [0.15, 0.2) is 0 Å². The quantitative estimate of drug-likeness (QED) is 0.739. The zero-order chi connectivity index (χ0) is 11.7. The molecule has 1 aliphatic carbocycles. The van der Waals surface area contributed by atoms with Gasteiger partial charge < -0.3 is 14.8 Å². The molecule has 1 atom stereocenters. The molecule has 17 heavy (non-hydrogen) atoms. The van der Waals surface area contributed by atoms with E-state index >= 15 is 0 Å². The lowest BCUT2D eigenvalue weighted by Crippen LogP contribution is -2.59. The summed E-state index contributed by atoms with van der Waals surface area (Å²) in [5, 5.41) is 3.05. The van der Waals surface area contributed by atoms with E-state index in [9.17, 15) is 4.79 Å². The van der Waals surface area contributed by atoms with Gasteiger partial charge >= 0.3 is 0 Å². The van der Waals surface area contributed by atoms with Crippen LogP contribution in [0, 0.1) is 0 Å².